The van der Waals surface area contributed by atoms with Crippen molar-refractivity contribution in [2.75, 3.05) is 31.6 Å². The highest BCUT2D eigenvalue weighted by Crippen LogP contribution is 2.14. The summed E-state index contributed by atoms with van der Waals surface area (Å²) >= 11 is 0. The minimum atomic E-state index is -0.0182. The highest BCUT2D eigenvalue weighted by atomic mass is 16.3. The van der Waals surface area contributed by atoms with Gasteiger partial charge in [-0.05, 0) is 24.6 Å². The number of unbranched alkanes of at least 4 members (excludes halogenated alkanes) is 1. The Hall–Kier alpha value is -1.43. The molecule has 5 heteroatoms. The molecule has 0 saturated heterocycles. The molecule has 0 fully saturated rings. The molecule has 0 bridgehead atoms. The van der Waals surface area contributed by atoms with Gasteiger partial charge >= 0.3 is 0 Å². The molecule has 118 valence electrons. The van der Waals surface area contributed by atoms with Crippen LogP contribution in [0.5, 0.6) is 0 Å². The number of hydrogen-bond donors (Lipinski definition) is 3. The van der Waals surface area contributed by atoms with Crippen LogP contribution >= 0.6 is 0 Å². The molecule has 0 radical (unpaired) electrons. The number of nitrogens with zero attached hydrogens (tertiary/aromatic N) is 1. The molecule has 0 heterocycles. The number of para-hydroxylation sites is 1. The van der Waals surface area contributed by atoms with E-state index >= 15 is 0 Å². The van der Waals surface area contributed by atoms with Gasteiger partial charge in [-0.3, -0.25) is 4.79 Å². The van der Waals surface area contributed by atoms with Gasteiger partial charge in [-0.2, -0.15) is 0 Å². The number of hydrogen-bond acceptors (Lipinski definition) is 4. The van der Waals surface area contributed by atoms with Gasteiger partial charge in [-0.1, -0.05) is 31.5 Å². The van der Waals surface area contributed by atoms with Crippen LogP contribution in [-0.4, -0.2) is 42.2 Å². The van der Waals surface area contributed by atoms with E-state index in [0.29, 0.717) is 26.1 Å². The van der Waals surface area contributed by atoms with Gasteiger partial charge in [0.1, 0.15) is 0 Å². The summed E-state index contributed by atoms with van der Waals surface area (Å²) in [6.07, 6.45) is 2.61. The van der Waals surface area contributed by atoms with Crippen molar-refractivity contribution in [3.8, 4) is 0 Å². The van der Waals surface area contributed by atoms with Crippen LogP contribution in [0.25, 0.3) is 0 Å². The summed E-state index contributed by atoms with van der Waals surface area (Å²) in [6.45, 7) is 4.87. The van der Waals surface area contributed by atoms with E-state index in [4.69, 9.17) is 10.8 Å². The fraction of sp³-hybridized carbons (Fsp3) is 0.562. The van der Waals surface area contributed by atoms with Gasteiger partial charge < -0.3 is 21.1 Å². The van der Waals surface area contributed by atoms with Crippen LogP contribution in [0.1, 0.15) is 31.7 Å². The van der Waals surface area contributed by atoms with Crippen LogP contribution in [0.2, 0.25) is 0 Å². The topological polar surface area (TPSA) is 78.6 Å². The Kier molecular flexibility index (Phi) is 8.66. The third-order valence-electron chi connectivity index (χ3n) is 3.41. The number of nitrogens with one attached hydrogen (secondary N) is 1. The Morgan fingerprint density at radius 3 is 2.71 bits per heavy atom. The molecule has 5 nitrogen and oxygen atoms in total. The number of benzene rings is 1. The number of aliphatic hydroxyl groups is 1. The second-order valence-electron chi connectivity index (χ2n) is 5.08. The maximum absolute atomic E-state index is 12.0. The predicted octanol–water partition coefficient (Wildman–Crippen LogP) is 1.57. The maximum atomic E-state index is 12.0. The molecule has 1 aromatic carbocycles. The van der Waals surface area contributed by atoms with E-state index in [1.165, 1.54) is 0 Å². The van der Waals surface area contributed by atoms with Crippen LogP contribution in [0, 0.1) is 0 Å². The zero-order valence-corrected chi connectivity index (χ0v) is 12.8. The van der Waals surface area contributed by atoms with E-state index < -0.39 is 0 Å². The molecule has 4 N–H and O–H groups in total. The monoisotopic (exact) mass is 293 g/mol. The van der Waals surface area contributed by atoms with Crippen LogP contribution in [0.3, 0.4) is 0 Å². The largest absolute Gasteiger partial charge is 0.395 e. The molecule has 1 rings (SSSR count). The normalized spacial score (nSPS) is 10.9. The van der Waals surface area contributed by atoms with Crippen molar-refractivity contribution in [1.29, 1.82) is 0 Å². The second kappa shape index (κ2) is 10.3. The summed E-state index contributed by atoms with van der Waals surface area (Å²) in [5.74, 6) is -0.0182. The smallest absolute Gasteiger partial charge is 0.225 e. The van der Waals surface area contributed by atoms with Crippen LogP contribution in [0.15, 0.2) is 24.3 Å². The molecular formula is C16H27N3O2. The summed E-state index contributed by atoms with van der Waals surface area (Å²) in [4.78, 5) is 14.1. The Bertz CT molecular complexity index is 424. The molecule has 0 aliphatic carbocycles. The minimum absolute atomic E-state index is 0.0182. The first-order chi connectivity index (χ1) is 10.2. The number of anilines is 1. The Balaban J connectivity index is 2.45. The SMILES string of the molecule is CCCCN(CCO)CCC(=O)Nc1ccccc1CN. The zero-order valence-electron chi connectivity index (χ0n) is 12.8. The fourth-order valence-electron chi connectivity index (χ4n) is 2.15. The van der Waals surface area contributed by atoms with Gasteiger partial charge in [0.15, 0.2) is 0 Å². The number of carbonyl (C=O) groups excluding carboxylic acids is 1. The van der Waals surface area contributed by atoms with Crippen molar-refractivity contribution in [2.24, 2.45) is 5.73 Å². The van der Waals surface area contributed by atoms with Crippen molar-refractivity contribution in [1.82, 2.24) is 4.90 Å². The van der Waals surface area contributed by atoms with E-state index in [1.807, 2.05) is 24.3 Å². The first-order valence-electron chi connectivity index (χ1n) is 7.62. The van der Waals surface area contributed by atoms with Gasteiger partial charge in [-0.15, -0.1) is 0 Å². The van der Waals surface area contributed by atoms with Gasteiger partial charge in [0.05, 0.1) is 6.61 Å². The van der Waals surface area contributed by atoms with Crippen LogP contribution in [-0.2, 0) is 11.3 Å². The van der Waals surface area contributed by atoms with Gasteiger partial charge in [0.25, 0.3) is 0 Å². The van der Waals surface area contributed by atoms with E-state index in [2.05, 4.69) is 17.1 Å². The van der Waals surface area contributed by atoms with E-state index in [1.54, 1.807) is 0 Å². The number of amides is 1. The summed E-state index contributed by atoms with van der Waals surface area (Å²) in [7, 11) is 0. The lowest BCUT2D eigenvalue weighted by Gasteiger charge is -2.20. The molecule has 0 spiro atoms. The van der Waals surface area contributed by atoms with Crippen molar-refractivity contribution >= 4 is 11.6 Å². The van der Waals surface area contributed by atoms with Crippen molar-refractivity contribution in [3.63, 3.8) is 0 Å². The highest BCUT2D eigenvalue weighted by Gasteiger charge is 2.09. The summed E-state index contributed by atoms with van der Waals surface area (Å²) in [5, 5.41) is 12.0. The first kappa shape index (κ1) is 17.6. The average molecular weight is 293 g/mol. The highest BCUT2D eigenvalue weighted by molar-refractivity contribution is 5.91. The number of rotatable bonds is 10. The summed E-state index contributed by atoms with van der Waals surface area (Å²) in [5.41, 5.74) is 7.37. The molecule has 1 aromatic rings. The van der Waals surface area contributed by atoms with E-state index in [0.717, 1.165) is 30.6 Å². The standard InChI is InChI=1S/C16H27N3O2/c1-2-3-9-19(11-12-20)10-8-16(21)18-15-7-5-4-6-14(15)13-17/h4-7,20H,2-3,8-13,17H2,1H3,(H,18,21). The molecule has 0 atom stereocenters. The number of nitrogens with two attached hydrogens (primary N) is 1. The van der Waals surface area contributed by atoms with Gasteiger partial charge in [0.2, 0.25) is 5.91 Å². The lowest BCUT2D eigenvalue weighted by molar-refractivity contribution is -0.116. The lowest BCUT2D eigenvalue weighted by atomic mass is 10.1. The third kappa shape index (κ3) is 6.71. The predicted molar refractivity (Wildman–Crippen MR) is 86.0 cm³/mol. The maximum Gasteiger partial charge on any atom is 0.225 e. The van der Waals surface area contributed by atoms with E-state index in [9.17, 15) is 4.79 Å². The Morgan fingerprint density at radius 1 is 1.29 bits per heavy atom. The Morgan fingerprint density at radius 2 is 2.05 bits per heavy atom. The first-order valence-corrected chi connectivity index (χ1v) is 7.62. The lowest BCUT2D eigenvalue weighted by Crippen LogP contribution is -2.31. The molecule has 0 saturated carbocycles. The third-order valence-corrected chi connectivity index (χ3v) is 3.41. The second-order valence-corrected chi connectivity index (χ2v) is 5.08. The summed E-state index contributed by atoms with van der Waals surface area (Å²) < 4.78 is 0. The van der Waals surface area contributed by atoms with Crippen LogP contribution in [0.4, 0.5) is 5.69 Å². The van der Waals surface area contributed by atoms with Crippen molar-refractivity contribution in [3.05, 3.63) is 29.8 Å². The molecule has 1 amide bonds. The molecule has 21 heavy (non-hydrogen) atoms. The fourth-order valence-corrected chi connectivity index (χ4v) is 2.15. The Labute approximate surface area is 127 Å². The molecule has 0 aliphatic rings. The van der Waals surface area contributed by atoms with Gasteiger partial charge in [0, 0.05) is 31.7 Å². The molecule has 0 aromatic heterocycles. The molecule has 0 aliphatic heterocycles. The molecular weight excluding hydrogens is 266 g/mol. The van der Waals surface area contributed by atoms with Crippen molar-refractivity contribution < 1.29 is 9.90 Å². The average Bonchev–Trinajstić information content (AvgIpc) is 2.50. The molecule has 0 unspecified atom stereocenters. The summed E-state index contributed by atoms with van der Waals surface area (Å²) in [6, 6.07) is 7.57. The number of aliphatic hydroxyl groups excluding tert-OH is 1. The number of carbonyl (C=O) groups is 1. The quantitative estimate of drug-likeness (QED) is 0.612. The van der Waals surface area contributed by atoms with Crippen molar-refractivity contribution in [2.45, 2.75) is 32.7 Å². The minimum Gasteiger partial charge on any atom is -0.395 e. The van der Waals surface area contributed by atoms with E-state index in [-0.39, 0.29) is 12.5 Å². The van der Waals surface area contributed by atoms with Crippen LogP contribution < -0.4 is 11.1 Å². The zero-order chi connectivity index (χ0) is 15.5. The van der Waals surface area contributed by atoms with Gasteiger partial charge in [-0.25, -0.2) is 0 Å².